The number of hydrogen-bond donors (Lipinski definition) is 2. The third-order valence-electron chi connectivity index (χ3n) is 3.17. The lowest BCUT2D eigenvalue weighted by molar-refractivity contribution is 0.0719. The first kappa shape index (κ1) is 14.2. The number of hydrogen-bond acceptors (Lipinski definition) is 4. The third kappa shape index (κ3) is 2.87. The molecular formula is C12H21NO3Si. The van der Waals surface area contributed by atoms with Crippen molar-refractivity contribution in [2.24, 2.45) is 0 Å². The summed E-state index contributed by atoms with van der Waals surface area (Å²) >= 11 is 0. The SMILES string of the molecule is CCC(O)(Nc1ccccc1)[Si](C)(OC)OC. The summed E-state index contributed by atoms with van der Waals surface area (Å²) in [6.07, 6.45) is 0.506. The molecule has 0 radical (unpaired) electrons. The second-order valence-corrected chi connectivity index (χ2v) is 7.59. The van der Waals surface area contributed by atoms with Crippen LogP contribution in [0.15, 0.2) is 30.3 Å². The van der Waals surface area contributed by atoms with Gasteiger partial charge in [0.2, 0.25) is 0 Å². The highest BCUT2D eigenvalue weighted by Crippen LogP contribution is 2.27. The maximum Gasteiger partial charge on any atom is 0.388 e. The number of aliphatic hydroxyl groups is 1. The smallest absolute Gasteiger partial charge is 0.388 e. The molecule has 1 unspecified atom stereocenters. The molecule has 0 aromatic heterocycles. The van der Waals surface area contributed by atoms with Crippen molar-refractivity contribution in [2.45, 2.75) is 25.2 Å². The van der Waals surface area contributed by atoms with Crippen molar-refractivity contribution in [2.75, 3.05) is 19.5 Å². The van der Waals surface area contributed by atoms with Gasteiger partial charge in [-0.25, -0.2) is 0 Å². The van der Waals surface area contributed by atoms with E-state index in [9.17, 15) is 5.11 Å². The molecule has 0 heterocycles. The Balaban J connectivity index is 2.96. The van der Waals surface area contributed by atoms with Gasteiger partial charge >= 0.3 is 8.56 Å². The largest absolute Gasteiger partial charge is 0.395 e. The van der Waals surface area contributed by atoms with Gasteiger partial charge in [-0.2, -0.15) is 0 Å². The summed E-state index contributed by atoms with van der Waals surface area (Å²) in [4.78, 5) is 0. The molecule has 0 saturated carbocycles. The summed E-state index contributed by atoms with van der Waals surface area (Å²) in [7, 11) is 0.456. The molecule has 17 heavy (non-hydrogen) atoms. The van der Waals surface area contributed by atoms with E-state index in [1.807, 2.05) is 43.8 Å². The Labute approximate surface area is 104 Å². The normalized spacial score (nSPS) is 15.4. The zero-order valence-corrected chi connectivity index (χ0v) is 11.9. The van der Waals surface area contributed by atoms with E-state index in [4.69, 9.17) is 8.85 Å². The van der Waals surface area contributed by atoms with E-state index in [2.05, 4.69) is 5.32 Å². The molecule has 1 aromatic rings. The van der Waals surface area contributed by atoms with Gasteiger partial charge in [-0.1, -0.05) is 25.1 Å². The van der Waals surface area contributed by atoms with Gasteiger partial charge in [0.25, 0.3) is 0 Å². The zero-order chi connectivity index (χ0) is 12.9. The minimum Gasteiger partial charge on any atom is -0.395 e. The van der Waals surface area contributed by atoms with Gasteiger partial charge < -0.3 is 19.3 Å². The van der Waals surface area contributed by atoms with Gasteiger partial charge in [0.1, 0.15) is 0 Å². The predicted octanol–water partition coefficient (Wildman–Crippen LogP) is 2.10. The summed E-state index contributed by atoms with van der Waals surface area (Å²) in [6.45, 7) is 3.74. The molecule has 1 rings (SSSR count). The first-order chi connectivity index (χ1) is 8.01. The van der Waals surface area contributed by atoms with Gasteiger partial charge in [-0.05, 0) is 25.1 Å². The van der Waals surface area contributed by atoms with E-state index < -0.39 is 13.9 Å². The van der Waals surface area contributed by atoms with Gasteiger partial charge in [0, 0.05) is 19.9 Å². The second-order valence-electron chi connectivity index (χ2n) is 4.06. The van der Waals surface area contributed by atoms with Crippen LogP contribution in [0.25, 0.3) is 0 Å². The fourth-order valence-corrected chi connectivity index (χ4v) is 3.56. The van der Waals surface area contributed by atoms with E-state index in [0.29, 0.717) is 6.42 Å². The first-order valence-corrected chi connectivity index (χ1v) is 7.99. The lowest BCUT2D eigenvalue weighted by Gasteiger charge is -2.40. The van der Waals surface area contributed by atoms with E-state index in [1.54, 1.807) is 14.2 Å². The summed E-state index contributed by atoms with van der Waals surface area (Å²) in [5.74, 6) is 0. The maximum absolute atomic E-state index is 10.7. The van der Waals surface area contributed by atoms with Crippen LogP contribution in [0.5, 0.6) is 0 Å². The van der Waals surface area contributed by atoms with Gasteiger partial charge in [0.15, 0.2) is 5.35 Å². The molecule has 0 saturated heterocycles. The first-order valence-electron chi connectivity index (χ1n) is 5.67. The van der Waals surface area contributed by atoms with Gasteiger partial charge in [-0.3, -0.25) is 0 Å². The van der Waals surface area contributed by atoms with E-state index in [1.165, 1.54) is 0 Å². The summed E-state index contributed by atoms with van der Waals surface area (Å²) in [6, 6.07) is 9.56. The molecule has 0 spiro atoms. The molecule has 5 heteroatoms. The highest BCUT2D eigenvalue weighted by Gasteiger charge is 2.51. The fraction of sp³-hybridized carbons (Fsp3) is 0.500. The topological polar surface area (TPSA) is 50.7 Å². The lowest BCUT2D eigenvalue weighted by Crippen LogP contribution is -2.64. The Morgan fingerprint density at radius 3 is 2.18 bits per heavy atom. The number of benzene rings is 1. The second kappa shape index (κ2) is 5.64. The fourth-order valence-electron chi connectivity index (χ4n) is 1.70. The van der Waals surface area contributed by atoms with E-state index in [0.717, 1.165) is 5.69 Å². The van der Waals surface area contributed by atoms with Crippen molar-refractivity contribution in [3.8, 4) is 0 Å². The molecule has 0 fully saturated rings. The van der Waals surface area contributed by atoms with Crippen LogP contribution in [0, 0.1) is 0 Å². The number of rotatable bonds is 6. The Morgan fingerprint density at radius 2 is 1.76 bits per heavy atom. The minimum absolute atomic E-state index is 0.506. The van der Waals surface area contributed by atoms with Crippen LogP contribution in [-0.4, -0.2) is 33.2 Å². The molecule has 2 N–H and O–H groups in total. The van der Waals surface area contributed by atoms with Crippen molar-refractivity contribution in [1.82, 2.24) is 0 Å². The number of nitrogens with one attached hydrogen (secondary N) is 1. The van der Waals surface area contributed by atoms with Crippen LogP contribution in [0.1, 0.15) is 13.3 Å². The quantitative estimate of drug-likeness (QED) is 0.604. The van der Waals surface area contributed by atoms with Gasteiger partial charge in [0.05, 0.1) is 0 Å². The molecule has 4 nitrogen and oxygen atoms in total. The Hall–Kier alpha value is -0.883. The van der Waals surface area contributed by atoms with Crippen LogP contribution in [0.2, 0.25) is 6.55 Å². The summed E-state index contributed by atoms with van der Waals surface area (Å²) < 4.78 is 10.8. The average Bonchev–Trinajstić information content (AvgIpc) is 2.38. The number of para-hydroxylation sites is 1. The molecule has 1 atom stereocenters. The van der Waals surface area contributed by atoms with Gasteiger partial charge in [-0.15, -0.1) is 0 Å². The molecule has 0 bridgehead atoms. The Bertz CT molecular complexity index is 343. The average molecular weight is 255 g/mol. The van der Waals surface area contributed by atoms with Crippen LogP contribution < -0.4 is 5.32 Å². The molecule has 0 aliphatic carbocycles. The molecular weight excluding hydrogens is 234 g/mol. The predicted molar refractivity (Wildman–Crippen MR) is 70.9 cm³/mol. The van der Waals surface area contributed by atoms with Crippen LogP contribution >= 0.6 is 0 Å². The molecule has 0 aliphatic rings. The van der Waals surface area contributed by atoms with Crippen molar-refractivity contribution in [3.05, 3.63) is 30.3 Å². The number of anilines is 1. The molecule has 0 aliphatic heterocycles. The summed E-state index contributed by atoms with van der Waals surface area (Å²) in [5, 5.41) is 12.7. The van der Waals surface area contributed by atoms with Crippen LogP contribution in [-0.2, 0) is 8.85 Å². The molecule has 0 amide bonds. The molecule has 96 valence electrons. The van der Waals surface area contributed by atoms with Crippen LogP contribution in [0.4, 0.5) is 5.69 Å². The van der Waals surface area contributed by atoms with E-state index >= 15 is 0 Å². The minimum atomic E-state index is -2.69. The Morgan fingerprint density at radius 1 is 1.24 bits per heavy atom. The van der Waals surface area contributed by atoms with Crippen molar-refractivity contribution in [1.29, 1.82) is 0 Å². The highest BCUT2D eigenvalue weighted by atomic mass is 28.4. The maximum atomic E-state index is 10.7. The summed E-state index contributed by atoms with van der Waals surface area (Å²) in [5.41, 5.74) is 0.852. The Kier molecular flexibility index (Phi) is 4.70. The highest BCUT2D eigenvalue weighted by molar-refractivity contribution is 6.69. The standard InChI is InChI=1S/C12H21NO3Si/c1-5-12(14,17(4,15-2)16-3)13-11-9-7-6-8-10-11/h6-10,13-14H,5H2,1-4H3. The van der Waals surface area contributed by atoms with Crippen LogP contribution in [0.3, 0.4) is 0 Å². The van der Waals surface area contributed by atoms with Crippen molar-refractivity contribution < 1.29 is 14.0 Å². The van der Waals surface area contributed by atoms with E-state index in [-0.39, 0.29) is 0 Å². The van der Waals surface area contributed by atoms with Crippen molar-refractivity contribution >= 4 is 14.2 Å². The zero-order valence-electron chi connectivity index (χ0n) is 10.9. The monoisotopic (exact) mass is 255 g/mol. The van der Waals surface area contributed by atoms with Crippen molar-refractivity contribution in [3.63, 3.8) is 0 Å². The molecule has 1 aromatic carbocycles. The third-order valence-corrected chi connectivity index (χ3v) is 6.71. The lowest BCUT2D eigenvalue weighted by atomic mass is 10.3.